The Morgan fingerprint density at radius 3 is 2.81 bits per heavy atom. The van der Waals surface area contributed by atoms with Gasteiger partial charge in [-0.1, -0.05) is 24.3 Å². The minimum atomic E-state index is 0.305. The lowest BCUT2D eigenvalue weighted by Crippen LogP contribution is -2.17. The zero-order valence-corrected chi connectivity index (χ0v) is 12.2. The van der Waals surface area contributed by atoms with E-state index in [4.69, 9.17) is 0 Å². The van der Waals surface area contributed by atoms with Crippen molar-refractivity contribution in [2.75, 3.05) is 7.05 Å². The Morgan fingerprint density at radius 1 is 1.05 bits per heavy atom. The monoisotopic (exact) mass is 277 g/mol. The molecule has 0 aliphatic rings. The Kier molecular flexibility index (Phi) is 4.22. The van der Waals surface area contributed by atoms with Crippen molar-refractivity contribution in [1.29, 1.82) is 0 Å². The van der Waals surface area contributed by atoms with Gasteiger partial charge in [0, 0.05) is 35.7 Å². The van der Waals surface area contributed by atoms with E-state index in [2.05, 4.69) is 45.6 Å². The molecule has 0 aliphatic carbocycles. The molecule has 1 N–H and O–H groups in total. The van der Waals surface area contributed by atoms with Crippen molar-refractivity contribution in [2.24, 2.45) is 0 Å². The van der Waals surface area contributed by atoms with Crippen molar-refractivity contribution in [2.45, 2.75) is 18.9 Å². The number of nitrogens with one attached hydrogen (secondary N) is 1. The van der Waals surface area contributed by atoms with Gasteiger partial charge >= 0.3 is 0 Å². The van der Waals surface area contributed by atoms with Crippen molar-refractivity contribution in [3.63, 3.8) is 0 Å². The van der Waals surface area contributed by atoms with E-state index in [0.717, 1.165) is 18.5 Å². The highest BCUT2D eigenvalue weighted by Gasteiger charge is 2.12. The normalized spacial score (nSPS) is 12.4. The molecule has 1 unspecified atom stereocenters. The molecule has 0 saturated heterocycles. The van der Waals surface area contributed by atoms with E-state index in [1.807, 2.05) is 37.8 Å². The summed E-state index contributed by atoms with van der Waals surface area (Å²) in [4.78, 5) is 8.67. The highest BCUT2D eigenvalue weighted by Crippen LogP contribution is 2.26. The number of nitrogens with zero attached hydrogens (tertiary/aromatic N) is 2. The first-order valence-corrected chi connectivity index (χ1v) is 7.28. The molecular weight excluding hydrogens is 258 g/mol. The van der Waals surface area contributed by atoms with Gasteiger partial charge in [0.2, 0.25) is 0 Å². The minimum Gasteiger partial charge on any atom is -0.313 e. The van der Waals surface area contributed by atoms with Crippen LogP contribution < -0.4 is 5.32 Å². The van der Waals surface area contributed by atoms with Gasteiger partial charge in [0.05, 0.1) is 0 Å². The number of pyridine rings is 2. The molecule has 0 aliphatic heterocycles. The quantitative estimate of drug-likeness (QED) is 0.775. The van der Waals surface area contributed by atoms with Crippen LogP contribution in [-0.2, 0) is 6.42 Å². The van der Waals surface area contributed by atoms with E-state index in [0.29, 0.717) is 6.04 Å². The second-order valence-corrected chi connectivity index (χ2v) is 5.15. The Bertz CT molecular complexity index is 704. The molecule has 1 atom stereocenters. The Balaban J connectivity index is 1.85. The number of hydrogen-bond donors (Lipinski definition) is 1. The fourth-order valence-corrected chi connectivity index (χ4v) is 2.73. The summed E-state index contributed by atoms with van der Waals surface area (Å²) in [5.74, 6) is 0. The van der Waals surface area contributed by atoms with E-state index in [1.165, 1.54) is 16.3 Å². The first-order chi connectivity index (χ1) is 10.4. The molecule has 3 aromatic rings. The van der Waals surface area contributed by atoms with E-state index >= 15 is 0 Å². The van der Waals surface area contributed by atoms with Gasteiger partial charge in [-0.2, -0.15) is 0 Å². The average molecular weight is 277 g/mol. The molecule has 106 valence electrons. The molecule has 0 spiro atoms. The second-order valence-electron chi connectivity index (χ2n) is 5.15. The highest BCUT2D eigenvalue weighted by molar-refractivity contribution is 5.85. The second kappa shape index (κ2) is 6.46. The average Bonchev–Trinajstić information content (AvgIpc) is 2.56. The lowest BCUT2D eigenvalue weighted by atomic mass is 9.96. The maximum atomic E-state index is 4.40. The molecule has 2 heterocycles. The van der Waals surface area contributed by atoms with Gasteiger partial charge in [0.15, 0.2) is 0 Å². The summed E-state index contributed by atoms with van der Waals surface area (Å²) < 4.78 is 0. The van der Waals surface area contributed by atoms with Gasteiger partial charge in [-0.05, 0) is 49.0 Å². The third kappa shape index (κ3) is 3.09. The van der Waals surface area contributed by atoms with Crippen LogP contribution in [0.1, 0.15) is 23.7 Å². The Morgan fingerprint density at radius 2 is 2.00 bits per heavy atom. The molecule has 0 bridgehead atoms. The predicted octanol–water partition coefficient (Wildman–Crippen LogP) is 3.52. The maximum Gasteiger partial charge on any atom is 0.0404 e. The van der Waals surface area contributed by atoms with Crippen LogP contribution in [0.3, 0.4) is 0 Å². The number of aromatic nitrogens is 2. The van der Waals surface area contributed by atoms with Crippen molar-refractivity contribution in [1.82, 2.24) is 15.3 Å². The summed E-state index contributed by atoms with van der Waals surface area (Å²) in [5, 5.41) is 5.88. The van der Waals surface area contributed by atoms with E-state index in [9.17, 15) is 0 Å². The van der Waals surface area contributed by atoms with Crippen LogP contribution in [-0.4, -0.2) is 17.0 Å². The molecule has 1 aromatic carbocycles. The standard InChI is InChI=1S/C18H19N3/c1-19-18(9-8-15-6-2-3-11-21-15)16-7-4-5-14-10-12-20-13-17(14)16/h2-7,10-13,18-19H,8-9H2,1H3. The molecule has 0 fully saturated rings. The molecule has 3 rings (SSSR count). The molecular formula is C18H19N3. The third-order valence-electron chi connectivity index (χ3n) is 3.86. The molecule has 0 saturated carbocycles. The molecule has 3 nitrogen and oxygen atoms in total. The van der Waals surface area contributed by atoms with Gasteiger partial charge in [0.25, 0.3) is 0 Å². The van der Waals surface area contributed by atoms with E-state index in [-0.39, 0.29) is 0 Å². The molecule has 3 heteroatoms. The van der Waals surface area contributed by atoms with Gasteiger partial charge in [-0.25, -0.2) is 0 Å². The van der Waals surface area contributed by atoms with Crippen LogP contribution in [0.4, 0.5) is 0 Å². The van der Waals surface area contributed by atoms with Crippen LogP contribution in [0.15, 0.2) is 61.1 Å². The van der Waals surface area contributed by atoms with Crippen molar-refractivity contribution in [3.8, 4) is 0 Å². The van der Waals surface area contributed by atoms with E-state index in [1.54, 1.807) is 0 Å². The largest absolute Gasteiger partial charge is 0.313 e. The third-order valence-corrected chi connectivity index (χ3v) is 3.86. The number of hydrogen-bond acceptors (Lipinski definition) is 3. The summed E-state index contributed by atoms with van der Waals surface area (Å²) in [6.07, 6.45) is 7.63. The lowest BCUT2D eigenvalue weighted by Gasteiger charge is -2.18. The highest BCUT2D eigenvalue weighted by atomic mass is 14.9. The van der Waals surface area contributed by atoms with Crippen LogP contribution >= 0.6 is 0 Å². The van der Waals surface area contributed by atoms with Gasteiger partial charge < -0.3 is 5.32 Å². The van der Waals surface area contributed by atoms with Crippen molar-refractivity contribution in [3.05, 3.63) is 72.3 Å². The summed E-state index contributed by atoms with van der Waals surface area (Å²) in [5.41, 5.74) is 2.44. The fourth-order valence-electron chi connectivity index (χ4n) is 2.73. The van der Waals surface area contributed by atoms with Crippen molar-refractivity contribution >= 4 is 10.8 Å². The summed E-state index contributed by atoms with van der Waals surface area (Å²) in [6.45, 7) is 0. The number of benzene rings is 1. The Hall–Kier alpha value is -2.26. The van der Waals surface area contributed by atoms with Crippen LogP contribution in [0, 0.1) is 0 Å². The predicted molar refractivity (Wildman–Crippen MR) is 86.1 cm³/mol. The minimum absolute atomic E-state index is 0.305. The Labute approximate surface area is 125 Å². The SMILES string of the molecule is CNC(CCc1ccccn1)c1cccc2ccncc12. The maximum absolute atomic E-state index is 4.40. The van der Waals surface area contributed by atoms with Crippen molar-refractivity contribution < 1.29 is 0 Å². The van der Waals surface area contributed by atoms with E-state index < -0.39 is 0 Å². The first kappa shape index (κ1) is 13.7. The zero-order chi connectivity index (χ0) is 14.5. The lowest BCUT2D eigenvalue weighted by molar-refractivity contribution is 0.549. The van der Waals surface area contributed by atoms with Crippen LogP contribution in [0.5, 0.6) is 0 Å². The molecule has 21 heavy (non-hydrogen) atoms. The zero-order valence-electron chi connectivity index (χ0n) is 12.2. The first-order valence-electron chi connectivity index (χ1n) is 7.28. The summed E-state index contributed by atoms with van der Waals surface area (Å²) in [6, 6.07) is 14.9. The van der Waals surface area contributed by atoms with Gasteiger partial charge in [-0.3, -0.25) is 9.97 Å². The number of aryl methyl sites for hydroxylation is 1. The summed E-state index contributed by atoms with van der Waals surface area (Å²) >= 11 is 0. The fraction of sp³-hybridized carbons (Fsp3) is 0.222. The number of rotatable bonds is 5. The topological polar surface area (TPSA) is 37.8 Å². The van der Waals surface area contributed by atoms with Gasteiger partial charge in [0.1, 0.15) is 0 Å². The summed E-state index contributed by atoms with van der Waals surface area (Å²) in [7, 11) is 2.01. The van der Waals surface area contributed by atoms with Crippen LogP contribution in [0.25, 0.3) is 10.8 Å². The molecule has 2 aromatic heterocycles. The van der Waals surface area contributed by atoms with Crippen LogP contribution in [0.2, 0.25) is 0 Å². The smallest absolute Gasteiger partial charge is 0.0404 e. The number of fused-ring (bicyclic) bond motifs is 1. The molecule has 0 radical (unpaired) electrons. The van der Waals surface area contributed by atoms with Gasteiger partial charge in [-0.15, -0.1) is 0 Å². The molecule has 0 amide bonds.